The van der Waals surface area contributed by atoms with Gasteiger partial charge in [0.2, 0.25) is 0 Å². The summed E-state index contributed by atoms with van der Waals surface area (Å²) in [6, 6.07) is 0. The number of hydrazine groups is 1. The Kier molecular flexibility index (Phi) is 5.73. The van der Waals surface area contributed by atoms with Gasteiger partial charge in [0.1, 0.15) is 6.10 Å². The number of nitrogens with two attached hydrogens (primary N) is 2. The summed E-state index contributed by atoms with van der Waals surface area (Å²) < 4.78 is 0. The minimum Gasteiger partial charge on any atom is -0.393 e. The molecule has 0 aromatic rings. The molecule has 0 bridgehead atoms. The second-order valence-corrected chi connectivity index (χ2v) is 1.37. The lowest BCUT2D eigenvalue weighted by molar-refractivity contribution is -0.0890. The van der Waals surface area contributed by atoms with Crippen molar-refractivity contribution < 1.29 is 14.8 Å². The van der Waals surface area contributed by atoms with Crippen LogP contribution in [0.15, 0.2) is 0 Å². The molecular weight excluding hydrogens is 126 g/mol. The average Bonchev–Trinajstić information content (AvgIpc) is 1.88. The predicted octanol–water partition coefficient (Wildman–Crippen LogP) is -2.37. The van der Waals surface area contributed by atoms with Crippen molar-refractivity contribution in [2.24, 2.45) is 11.7 Å². The van der Waals surface area contributed by atoms with Crippen molar-refractivity contribution in [1.82, 2.24) is 5.59 Å². The summed E-state index contributed by atoms with van der Waals surface area (Å²) in [6.07, 6.45) is -0.514. The van der Waals surface area contributed by atoms with Gasteiger partial charge >= 0.3 is 0 Å². The Morgan fingerprint density at radius 1 is 1.67 bits per heavy atom. The van der Waals surface area contributed by atoms with Gasteiger partial charge in [0.05, 0.1) is 13.2 Å². The van der Waals surface area contributed by atoms with Gasteiger partial charge in [-0.1, -0.05) is 0 Å². The first kappa shape index (κ1) is 8.76. The number of aliphatic hydroxyl groups excluding tert-OH is 1. The van der Waals surface area contributed by atoms with Crippen LogP contribution in [0.4, 0.5) is 0 Å². The summed E-state index contributed by atoms with van der Waals surface area (Å²) in [5, 5.41) is 8.43. The van der Waals surface area contributed by atoms with E-state index in [-0.39, 0.29) is 13.2 Å². The Morgan fingerprint density at radius 2 is 2.33 bits per heavy atom. The highest BCUT2D eigenvalue weighted by Crippen LogP contribution is 1.84. The second-order valence-electron chi connectivity index (χ2n) is 1.37. The molecule has 6 nitrogen and oxygen atoms in total. The topological polar surface area (TPSA) is 103 Å². The van der Waals surface area contributed by atoms with Crippen LogP contribution in [0.2, 0.25) is 0 Å². The molecule has 0 saturated carbocycles. The van der Waals surface area contributed by atoms with Crippen LogP contribution >= 0.6 is 0 Å². The number of aliphatic hydroxyl groups is 1. The monoisotopic (exact) mass is 137 g/mol. The molecular formula is C3H11N3O3. The van der Waals surface area contributed by atoms with Crippen molar-refractivity contribution in [3.05, 3.63) is 0 Å². The largest absolute Gasteiger partial charge is 0.393 e. The molecule has 0 saturated heterocycles. The molecule has 0 heterocycles. The van der Waals surface area contributed by atoms with Crippen molar-refractivity contribution >= 4 is 0 Å². The third-order valence-corrected chi connectivity index (χ3v) is 0.720. The fourth-order valence-corrected chi connectivity index (χ4v) is 0.328. The van der Waals surface area contributed by atoms with Crippen LogP contribution in [0.3, 0.4) is 0 Å². The Balaban J connectivity index is 3.18. The Morgan fingerprint density at radius 3 is 2.67 bits per heavy atom. The summed E-state index contributed by atoms with van der Waals surface area (Å²) in [5.74, 6) is 9.43. The predicted molar refractivity (Wildman–Crippen MR) is 29.4 cm³/mol. The van der Waals surface area contributed by atoms with Gasteiger partial charge in [-0.05, 0) is 0 Å². The molecule has 0 aromatic carbocycles. The van der Waals surface area contributed by atoms with Gasteiger partial charge in [-0.15, -0.1) is 5.59 Å². The number of nitrogens with one attached hydrogen (secondary N) is 1. The van der Waals surface area contributed by atoms with E-state index < -0.39 is 6.10 Å². The molecule has 1 unspecified atom stereocenters. The van der Waals surface area contributed by atoms with Gasteiger partial charge in [0.25, 0.3) is 0 Å². The smallest absolute Gasteiger partial charge is 0.129 e. The molecule has 0 aliphatic heterocycles. The zero-order chi connectivity index (χ0) is 7.11. The Labute approximate surface area is 52.6 Å². The molecule has 0 aromatic heterocycles. The normalized spacial score (nSPS) is 13.7. The van der Waals surface area contributed by atoms with E-state index in [0.29, 0.717) is 0 Å². The Bertz CT molecular complexity index is 56.3. The third-order valence-electron chi connectivity index (χ3n) is 0.720. The van der Waals surface area contributed by atoms with Crippen LogP contribution in [-0.4, -0.2) is 24.4 Å². The van der Waals surface area contributed by atoms with Gasteiger partial charge < -0.3 is 9.94 Å². The zero-order valence-corrected chi connectivity index (χ0v) is 4.91. The van der Waals surface area contributed by atoms with E-state index in [4.69, 9.17) is 10.9 Å². The fourth-order valence-electron chi connectivity index (χ4n) is 0.328. The molecule has 9 heavy (non-hydrogen) atoms. The maximum atomic E-state index is 8.43. The highest BCUT2D eigenvalue weighted by atomic mass is 16.7. The van der Waals surface area contributed by atoms with Crippen LogP contribution in [-0.2, 0) is 9.68 Å². The first-order valence-corrected chi connectivity index (χ1v) is 2.39. The van der Waals surface area contributed by atoms with Crippen molar-refractivity contribution in [1.29, 1.82) is 0 Å². The maximum absolute atomic E-state index is 8.43. The summed E-state index contributed by atoms with van der Waals surface area (Å²) in [6.45, 7) is -0.0951. The van der Waals surface area contributed by atoms with E-state index in [1.54, 1.807) is 0 Å². The van der Waals surface area contributed by atoms with E-state index in [9.17, 15) is 0 Å². The second kappa shape index (κ2) is 5.89. The van der Waals surface area contributed by atoms with Crippen molar-refractivity contribution in [3.63, 3.8) is 0 Å². The number of hydrogen-bond donors (Lipinski definition) is 4. The molecule has 0 fully saturated rings. The summed E-state index contributed by atoms with van der Waals surface area (Å²) in [5.41, 5.74) is 1.91. The third kappa shape index (κ3) is 4.28. The fraction of sp³-hybridized carbons (Fsp3) is 1.00. The lowest BCUT2D eigenvalue weighted by atomic mass is 10.4. The highest BCUT2D eigenvalue weighted by molar-refractivity contribution is 4.49. The van der Waals surface area contributed by atoms with Gasteiger partial charge in [0, 0.05) is 0 Å². The van der Waals surface area contributed by atoms with Crippen LogP contribution in [0.25, 0.3) is 0 Å². The molecule has 0 rings (SSSR count). The zero-order valence-electron chi connectivity index (χ0n) is 4.91. The van der Waals surface area contributed by atoms with Gasteiger partial charge in [-0.25, -0.2) is 11.7 Å². The summed E-state index contributed by atoms with van der Waals surface area (Å²) in [7, 11) is 0. The number of rotatable bonds is 5. The number of hydrogen-bond acceptors (Lipinski definition) is 6. The van der Waals surface area contributed by atoms with Crippen LogP contribution in [0.5, 0.6) is 0 Å². The lowest BCUT2D eigenvalue weighted by Gasteiger charge is -2.10. The van der Waals surface area contributed by atoms with Gasteiger partial charge in [-0.2, -0.15) is 0 Å². The Hall–Kier alpha value is -0.240. The van der Waals surface area contributed by atoms with E-state index >= 15 is 0 Å². The molecule has 0 spiro atoms. The molecule has 6 N–H and O–H groups in total. The molecule has 0 aliphatic carbocycles. The molecule has 0 amide bonds. The molecule has 1 atom stereocenters. The first-order valence-electron chi connectivity index (χ1n) is 2.39. The van der Waals surface area contributed by atoms with Crippen molar-refractivity contribution in [3.8, 4) is 0 Å². The minimum absolute atomic E-state index is 0.0979. The molecule has 0 aliphatic rings. The van der Waals surface area contributed by atoms with Gasteiger partial charge in [-0.3, -0.25) is 4.84 Å². The van der Waals surface area contributed by atoms with Crippen molar-refractivity contribution in [2.75, 3.05) is 13.2 Å². The first-order chi connectivity index (χ1) is 4.35. The lowest BCUT2D eigenvalue weighted by Crippen LogP contribution is -2.35. The van der Waals surface area contributed by atoms with E-state index in [2.05, 4.69) is 15.6 Å². The van der Waals surface area contributed by atoms with E-state index in [1.165, 1.54) is 0 Å². The SMILES string of the molecule is NNOC(CO)CON. The minimum atomic E-state index is -0.514. The molecule has 0 radical (unpaired) electrons. The average molecular weight is 137 g/mol. The highest BCUT2D eigenvalue weighted by Gasteiger charge is 2.05. The van der Waals surface area contributed by atoms with Crippen LogP contribution in [0.1, 0.15) is 0 Å². The van der Waals surface area contributed by atoms with E-state index in [0.717, 1.165) is 0 Å². The van der Waals surface area contributed by atoms with Crippen LogP contribution < -0.4 is 17.3 Å². The molecule has 56 valence electrons. The quantitative estimate of drug-likeness (QED) is 0.249. The van der Waals surface area contributed by atoms with Crippen LogP contribution in [0, 0.1) is 0 Å². The summed E-state index contributed by atoms with van der Waals surface area (Å²) in [4.78, 5) is 8.67. The van der Waals surface area contributed by atoms with E-state index in [1.807, 2.05) is 5.59 Å². The maximum Gasteiger partial charge on any atom is 0.129 e. The van der Waals surface area contributed by atoms with Gasteiger partial charge in [0.15, 0.2) is 0 Å². The van der Waals surface area contributed by atoms with Crippen molar-refractivity contribution in [2.45, 2.75) is 6.10 Å². The summed E-state index contributed by atoms with van der Waals surface area (Å²) >= 11 is 0. The standard InChI is InChI=1S/C3H11N3O3/c4-6-9-3(1-7)2-8-5/h3,6-7H,1-2,4-5H2. The molecule has 6 heteroatoms.